The van der Waals surface area contributed by atoms with Gasteiger partial charge >= 0.3 is 0 Å². The number of nitrogens with zero attached hydrogens (tertiary/aromatic N) is 2. The van der Waals surface area contributed by atoms with E-state index >= 15 is 0 Å². The van der Waals surface area contributed by atoms with Gasteiger partial charge in [-0.1, -0.05) is 17.2 Å². The summed E-state index contributed by atoms with van der Waals surface area (Å²) in [5.74, 6) is -0.318. The molecule has 0 spiro atoms. The van der Waals surface area contributed by atoms with Crippen LogP contribution in [0.4, 0.5) is 0 Å². The molecule has 1 rings (SSSR count). The van der Waals surface area contributed by atoms with Crippen molar-refractivity contribution in [1.29, 1.82) is 0 Å². The molecule has 1 heterocycles. The molecular weight excluding hydrogens is 252 g/mol. The van der Waals surface area contributed by atoms with E-state index in [0.29, 0.717) is 5.69 Å². The van der Waals surface area contributed by atoms with E-state index < -0.39 is 0 Å². The molecule has 0 aromatic carbocycles. The number of allylic oxidation sites excluding steroid dienone is 4. The van der Waals surface area contributed by atoms with Gasteiger partial charge < -0.3 is 0 Å². The van der Waals surface area contributed by atoms with Crippen LogP contribution in [-0.2, 0) is 0 Å². The van der Waals surface area contributed by atoms with Crippen molar-refractivity contribution in [2.24, 2.45) is 5.10 Å². The molecule has 108 valence electrons. The topological polar surface area (TPSA) is 70.1 Å². The fourth-order valence-electron chi connectivity index (χ4n) is 1.52. The van der Waals surface area contributed by atoms with Crippen LogP contribution >= 0.6 is 0 Å². The van der Waals surface area contributed by atoms with E-state index in [-0.39, 0.29) is 5.91 Å². The molecular formula is C15H22N4O. The zero-order valence-electron chi connectivity index (χ0n) is 12.5. The summed E-state index contributed by atoms with van der Waals surface area (Å²) in [6.07, 6.45) is 7.71. The molecule has 0 bridgehead atoms. The molecule has 1 amide bonds. The Labute approximate surface area is 119 Å². The van der Waals surface area contributed by atoms with Crippen LogP contribution in [0.1, 0.15) is 49.8 Å². The highest BCUT2D eigenvalue weighted by molar-refractivity contribution is 5.92. The molecule has 0 aliphatic carbocycles. The number of hydrazone groups is 1. The normalized spacial score (nSPS) is 11.7. The van der Waals surface area contributed by atoms with Crippen LogP contribution < -0.4 is 5.43 Å². The number of aromatic nitrogens is 2. The van der Waals surface area contributed by atoms with E-state index in [2.05, 4.69) is 40.6 Å². The highest BCUT2D eigenvalue weighted by Gasteiger charge is 2.06. The van der Waals surface area contributed by atoms with Crippen molar-refractivity contribution in [3.8, 4) is 0 Å². The molecule has 5 nitrogen and oxygen atoms in total. The number of amides is 1. The van der Waals surface area contributed by atoms with Crippen LogP contribution in [0.5, 0.6) is 0 Å². The van der Waals surface area contributed by atoms with Crippen molar-refractivity contribution in [1.82, 2.24) is 15.6 Å². The van der Waals surface area contributed by atoms with Crippen LogP contribution in [0.2, 0.25) is 0 Å². The average molecular weight is 274 g/mol. The van der Waals surface area contributed by atoms with Gasteiger partial charge in [-0.15, -0.1) is 0 Å². The van der Waals surface area contributed by atoms with Gasteiger partial charge in [0.2, 0.25) is 0 Å². The molecule has 0 fully saturated rings. The SMILES string of the molecule is CC(C)=CCC/C(C)=C/C=NNC(=O)c1cc(C)[nH]n1. The molecule has 1 aromatic heterocycles. The molecule has 1 aromatic rings. The van der Waals surface area contributed by atoms with E-state index in [9.17, 15) is 4.79 Å². The monoisotopic (exact) mass is 274 g/mol. The van der Waals surface area contributed by atoms with Crippen molar-refractivity contribution in [2.45, 2.75) is 40.5 Å². The summed E-state index contributed by atoms with van der Waals surface area (Å²) in [7, 11) is 0. The molecule has 2 N–H and O–H groups in total. The third kappa shape index (κ3) is 6.13. The molecule has 0 saturated heterocycles. The standard InChI is InChI=1S/C15H22N4O/c1-11(2)6-5-7-12(3)8-9-16-19-15(20)14-10-13(4)17-18-14/h6,8-10H,5,7H2,1-4H3,(H,17,18)(H,19,20)/b12-8+,16-9?. The van der Waals surface area contributed by atoms with Crippen LogP contribution in [0.15, 0.2) is 34.5 Å². The van der Waals surface area contributed by atoms with Crippen LogP contribution in [0.3, 0.4) is 0 Å². The first-order valence-corrected chi connectivity index (χ1v) is 6.63. The Bertz CT molecular complexity index is 534. The number of hydrogen-bond donors (Lipinski definition) is 2. The molecule has 0 atom stereocenters. The van der Waals surface area contributed by atoms with Gasteiger partial charge in [0.1, 0.15) is 0 Å². The third-order valence-corrected chi connectivity index (χ3v) is 2.63. The second kappa shape index (κ2) is 8.09. The zero-order chi connectivity index (χ0) is 15.0. The molecule has 0 unspecified atom stereocenters. The lowest BCUT2D eigenvalue weighted by atomic mass is 10.1. The number of hydrogen-bond acceptors (Lipinski definition) is 3. The summed E-state index contributed by atoms with van der Waals surface area (Å²) in [6, 6.07) is 1.67. The highest BCUT2D eigenvalue weighted by atomic mass is 16.2. The minimum absolute atomic E-state index is 0.318. The lowest BCUT2D eigenvalue weighted by molar-refractivity contribution is 0.0950. The lowest BCUT2D eigenvalue weighted by Gasteiger charge is -1.97. The van der Waals surface area contributed by atoms with Gasteiger partial charge in [-0.2, -0.15) is 10.2 Å². The van der Waals surface area contributed by atoms with E-state index in [1.807, 2.05) is 19.9 Å². The molecule has 0 saturated carbocycles. The predicted molar refractivity (Wildman–Crippen MR) is 81.7 cm³/mol. The van der Waals surface area contributed by atoms with Gasteiger partial charge in [0.25, 0.3) is 5.91 Å². The summed E-state index contributed by atoms with van der Waals surface area (Å²) in [4.78, 5) is 11.6. The van der Waals surface area contributed by atoms with E-state index in [4.69, 9.17) is 0 Å². The summed E-state index contributed by atoms with van der Waals surface area (Å²) in [6.45, 7) is 8.06. The van der Waals surface area contributed by atoms with E-state index in [1.165, 1.54) is 11.1 Å². The molecule has 20 heavy (non-hydrogen) atoms. The number of aromatic amines is 1. The molecule has 0 aliphatic rings. The maximum absolute atomic E-state index is 11.6. The van der Waals surface area contributed by atoms with E-state index in [1.54, 1.807) is 12.3 Å². The Kier molecular flexibility index (Phi) is 6.43. The number of carbonyl (C=O) groups excluding carboxylic acids is 1. The molecule has 0 radical (unpaired) electrons. The Morgan fingerprint density at radius 2 is 2.20 bits per heavy atom. The maximum Gasteiger partial charge on any atom is 0.291 e. The van der Waals surface area contributed by atoms with Crippen molar-refractivity contribution >= 4 is 12.1 Å². The Morgan fingerprint density at radius 1 is 1.45 bits per heavy atom. The zero-order valence-corrected chi connectivity index (χ0v) is 12.5. The van der Waals surface area contributed by atoms with Crippen molar-refractivity contribution in [2.75, 3.05) is 0 Å². The minimum atomic E-state index is -0.318. The Morgan fingerprint density at radius 3 is 2.80 bits per heavy atom. The lowest BCUT2D eigenvalue weighted by Crippen LogP contribution is -2.17. The van der Waals surface area contributed by atoms with Gasteiger partial charge in [0, 0.05) is 11.9 Å². The van der Waals surface area contributed by atoms with Crippen LogP contribution in [0.25, 0.3) is 0 Å². The van der Waals surface area contributed by atoms with E-state index in [0.717, 1.165) is 18.5 Å². The van der Waals surface area contributed by atoms with Crippen molar-refractivity contribution < 1.29 is 4.79 Å². The van der Waals surface area contributed by atoms with Crippen molar-refractivity contribution in [3.05, 3.63) is 40.8 Å². The van der Waals surface area contributed by atoms with Gasteiger partial charge in [-0.25, -0.2) is 5.43 Å². The van der Waals surface area contributed by atoms with Gasteiger partial charge in [0.05, 0.1) is 0 Å². The third-order valence-electron chi connectivity index (χ3n) is 2.63. The number of rotatable bonds is 6. The fourth-order valence-corrected chi connectivity index (χ4v) is 1.52. The number of nitrogens with one attached hydrogen (secondary N) is 2. The maximum atomic E-state index is 11.6. The largest absolute Gasteiger partial charge is 0.291 e. The van der Waals surface area contributed by atoms with Gasteiger partial charge in [-0.3, -0.25) is 9.89 Å². The Balaban J connectivity index is 2.37. The summed E-state index contributed by atoms with van der Waals surface area (Å²) < 4.78 is 0. The molecule has 0 aliphatic heterocycles. The highest BCUT2D eigenvalue weighted by Crippen LogP contribution is 2.05. The first-order valence-electron chi connectivity index (χ1n) is 6.63. The summed E-state index contributed by atoms with van der Waals surface area (Å²) in [5.41, 5.74) is 6.16. The minimum Gasteiger partial charge on any atom is -0.282 e. The fraction of sp³-hybridized carbons (Fsp3) is 0.400. The second-order valence-corrected chi connectivity index (χ2v) is 4.99. The number of H-pyrrole nitrogens is 1. The second-order valence-electron chi connectivity index (χ2n) is 4.99. The quantitative estimate of drug-likeness (QED) is 0.475. The van der Waals surface area contributed by atoms with Crippen molar-refractivity contribution in [3.63, 3.8) is 0 Å². The molecule has 5 heteroatoms. The first-order chi connectivity index (χ1) is 9.49. The summed E-state index contributed by atoms with van der Waals surface area (Å²) >= 11 is 0. The Hall–Kier alpha value is -2.17. The number of carbonyl (C=O) groups is 1. The van der Waals surface area contributed by atoms with Gasteiger partial charge in [0.15, 0.2) is 5.69 Å². The van der Waals surface area contributed by atoms with Gasteiger partial charge in [-0.05, 0) is 52.7 Å². The first kappa shape index (κ1) is 15.9. The average Bonchev–Trinajstić information content (AvgIpc) is 2.80. The smallest absolute Gasteiger partial charge is 0.282 e. The summed E-state index contributed by atoms with van der Waals surface area (Å²) in [5, 5.41) is 10.4. The predicted octanol–water partition coefficient (Wildman–Crippen LogP) is 3.13. The van der Waals surface area contributed by atoms with Crippen LogP contribution in [0, 0.1) is 6.92 Å². The van der Waals surface area contributed by atoms with Crippen LogP contribution in [-0.4, -0.2) is 22.3 Å². The number of aryl methyl sites for hydroxylation is 1.